The quantitative estimate of drug-likeness (QED) is 0.874. The first kappa shape index (κ1) is 13.8. The molecule has 2 aromatic rings. The zero-order valence-corrected chi connectivity index (χ0v) is 11.6. The molecular weight excluding hydrogens is 264 g/mol. The standard InChI is InChI=1S/C14H15ClN2O2/c1-3-19-14(18)13(16-2)10-6-7-11(15)9-5-4-8-17-12(9)10/h4-8,13,16H,3H2,1-2H3. The van der Waals surface area contributed by atoms with Crippen LogP contribution in [-0.4, -0.2) is 24.6 Å². The first-order valence-corrected chi connectivity index (χ1v) is 6.43. The number of nitrogens with one attached hydrogen (secondary N) is 1. The highest BCUT2D eigenvalue weighted by Gasteiger charge is 2.23. The second kappa shape index (κ2) is 5.99. The van der Waals surface area contributed by atoms with Crippen LogP contribution in [0.25, 0.3) is 10.9 Å². The van der Waals surface area contributed by atoms with Crippen LogP contribution >= 0.6 is 11.6 Å². The summed E-state index contributed by atoms with van der Waals surface area (Å²) in [7, 11) is 1.71. The summed E-state index contributed by atoms with van der Waals surface area (Å²) in [6.07, 6.45) is 1.68. The maximum atomic E-state index is 12.0. The molecule has 1 N–H and O–H groups in total. The second-order valence-electron chi connectivity index (χ2n) is 4.01. The van der Waals surface area contributed by atoms with Crippen LogP contribution in [0.15, 0.2) is 30.5 Å². The number of rotatable bonds is 4. The summed E-state index contributed by atoms with van der Waals surface area (Å²) in [6.45, 7) is 2.12. The Hall–Kier alpha value is -1.65. The third-order valence-electron chi connectivity index (χ3n) is 2.87. The van der Waals surface area contributed by atoms with Crippen molar-refractivity contribution < 1.29 is 9.53 Å². The number of esters is 1. The number of pyridine rings is 1. The van der Waals surface area contributed by atoms with E-state index in [9.17, 15) is 4.79 Å². The van der Waals surface area contributed by atoms with Crippen molar-refractivity contribution in [3.8, 4) is 0 Å². The Morgan fingerprint density at radius 3 is 2.95 bits per heavy atom. The summed E-state index contributed by atoms with van der Waals surface area (Å²) in [5.41, 5.74) is 1.48. The van der Waals surface area contributed by atoms with Crippen LogP contribution < -0.4 is 5.32 Å². The molecule has 1 aromatic heterocycles. The lowest BCUT2D eigenvalue weighted by molar-refractivity contribution is -0.145. The molecule has 0 saturated carbocycles. The summed E-state index contributed by atoms with van der Waals surface area (Å²) < 4.78 is 5.07. The van der Waals surface area contributed by atoms with Crippen molar-refractivity contribution in [2.45, 2.75) is 13.0 Å². The monoisotopic (exact) mass is 278 g/mol. The summed E-state index contributed by atoms with van der Waals surface area (Å²) in [4.78, 5) is 16.3. The first-order valence-electron chi connectivity index (χ1n) is 6.06. The topological polar surface area (TPSA) is 51.2 Å². The average molecular weight is 279 g/mol. The molecule has 0 aliphatic rings. The number of hydrogen-bond donors (Lipinski definition) is 1. The van der Waals surface area contributed by atoms with Gasteiger partial charge in [-0.2, -0.15) is 0 Å². The Morgan fingerprint density at radius 2 is 2.26 bits per heavy atom. The van der Waals surface area contributed by atoms with Gasteiger partial charge in [0, 0.05) is 22.2 Å². The van der Waals surface area contributed by atoms with Crippen LogP contribution in [0.4, 0.5) is 0 Å². The zero-order valence-electron chi connectivity index (χ0n) is 10.8. The maximum Gasteiger partial charge on any atom is 0.327 e. The number of ether oxygens (including phenoxy) is 1. The van der Waals surface area contributed by atoms with Gasteiger partial charge in [-0.15, -0.1) is 0 Å². The molecule has 0 amide bonds. The van der Waals surface area contributed by atoms with Gasteiger partial charge >= 0.3 is 5.97 Å². The molecule has 19 heavy (non-hydrogen) atoms. The van der Waals surface area contributed by atoms with Crippen molar-refractivity contribution in [3.63, 3.8) is 0 Å². The lowest BCUT2D eigenvalue weighted by Gasteiger charge is -2.16. The van der Waals surface area contributed by atoms with Gasteiger partial charge in [0.1, 0.15) is 6.04 Å². The van der Waals surface area contributed by atoms with Gasteiger partial charge in [-0.1, -0.05) is 17.7 Å². The normalized spacial score (nSPS) is 12.4. The van der Waals surface area contributed by atoms with Crippen LogP contribution in [0.3, 0.4) is 0 Å². The molecule has 1 aromatic carbocycles. The lowest BCUT2D eigenvalue weighted by Crippen LogP contribution is -2.27. The van der Waals surface area contributed by atoms with Gasteiger partial charge in [-0.25, -0.2) is 4.79 Å². The van der Waals surface area contributed by atoms with Crippen molar-refractivity contribution in [3.05, 3.63) is 41.0 Å². The van der Waals surface area contributed by atoms with E-state index < -0.39 is 6.04 Å². The van der Waals surface area contributed by atoms with Crippen LogP contribution in [0, 0.1) is 0 Å². The van der Waals surface area contributed by atoms with Gasteiger partial charge in [0.2, 0.25) is 0 Å². The third-order valence-corrected chi connectivity index (χ3v) is 3.20. The minimum absolute atomic E-state index is 0.320. The molecule has 5 heteroatoms. The van der Waals surface area contributed by atoms with E-state index >= 15 is 0 Å². The number of hydrogen-bond acceptors (Lipinski definition) is 4. The Morgan fingerprint density at radius 1 is 1.47 bits per heavy atom. The van der Waals surface area contributed by atoms with Crippen molar-refractivity contribution in [1.82, 2.24) is 10.3 Å². The molecule has 4 nitrogen and oxygen atoms in total. The molecule has 1 atom stereocenters. The minimum Gasteiger partial charge on any atom is -0.465 e. The Kier molecular flexibility index (Phi) is 4.35. The Labute approximate surface area is 116 Å². The van der Waals surface area contributed by atoms with Crippen molar-refractivity contribution >= 4 is 28.5 Å². The molecule has 0 aliphatic carbocycles. The fraction of sp³-hybridized carbons (Fsp3) is 0.286. The average Bonchev–Trinajstić information content (AvgIpc) is 2.43. The van der Waals surface area contributed by atoms with Gasteiger partial charge in [0.05, 0.1) is 12.1 Å². The molecule has 2 rings (SSSR count). The van der Waals surface area contributed by atoms with Crippen LogP contribution in [0.1, 0.15) is 18.5 Å². The first-order chi connectivity index (χ1) is 9.19. The van der Waals surface area contributed by atoms with E-state index in [1.165, 1.54) is 0 Å². The van der Waals surface area contributed by atoms with Gasteiger partial charge in [-0.3, -0.25) is 4.98 Å². The molecule has 0 aliphatic heterocycles. The molecular formula is C14H15ClN2O2. The van der Waals surface area contributed by atoms with Gasteiger partial charge in [0.15, 0.2) is 0 Å². The van der Waals surface area contributed by atoms with Gasteiger partial charge in [0.25, 0.3) is 0 Å². The SMILES string of the molecule is CCOC(=O)C(NC)c1ccc(Cl)c2cccnc12. The van der Waals surface area contributed by atoms with Crippen molar-refractivity contribution in [2.24, 2.45) is 0 Å². The Bertz CT molecular complexity index is 601. The number of nitrogens with zero attached hydrogens (tertiary/aromatic N) is 1. The Balaban J connectivity index is 2.55. The lowest BCUT2D eigenvalue weighted by atomic mass is 10.0. The van der Waals surface area contributed by atoms with E-state index in [0.29, 0.717) is 17.1 Å². The molecule has 0 bridgehead atoms. The fourth-order valence-corrected chi connectivity index (χ4v) is 2.23. The molecule has 1 heterocycles. The predicted octanol–water partition coefficient (Wildman–Crippen LogP) is 2.71. The number of fused-ring (bicyclic) bond motifs is 1. The summed E-state index contributed by atoms with van der Waals surface area (Å²) in [5.74, 6) is -0.320. The van der Waals surface area contributed by atoms with E-state index in [4.69, 9.17) is 16.3 Å². The summed E-state index contributed by atoms with van der Waals surface area (Å²) in [6, 6.07) is 6.72. The summed E-state index contributed by atoms with van der Waals surface area (Å²) in [5, 5.41) is 4.40. The third kappa shape index (κ3) is 2.69. The smallest absolute Gasteiger partial charge is 0.327 e. The van der Waals surface area contributed by atoms with Crippen molar-refractivity contribution in [2.75, 3.05) is 13.7 Å². The second-order valence-corrected chi connectivity index (χ2v) is 4.42. The molecule has 0 spiro atoms. The number of carbonyl (C=O) groups is 1. The van der Waals surface area contributed by atoms with Gasteiger partial charge in [-0.05, 0) is 32.2 Å². The number of benzene rings is 1. The van der Waals surface area contributed by atoms with Crippen LogP contribution in [0.2, 0.25) is 5.02 Å². The number of halogens is 1. The van der Waals surface area contributed by atoms with E-state index in [1.807, 2.05) is 12.1 Å². The molecule has 1 unspecified atom stereocenters. The van der Waals surface area contributed by atoms with E-state index in [1.54, 1.807) is 32.3 Å². The minimum atomic E-state index is -0.547. The number of carbonyl (C=O) groups excluding carboxylic acids is 1. The predicted molar refractivity (Wildman–Crippen MR) is 75.2 cm³/mol. The van der Waals surface area contributed by atoms with Crippen LogP contribution in [-0.2, 0) is 9.53 Å². The zero-order chi connectivity index (χ0) is 13.8. The van der Waals surface area contributed by atoms with Crippen LogP contribution in [0.5, 0.6) is 0 Å². The number of likely N-dealkylation sites (N-methyl/N-ethyl adjacent to an activating group) is 1. The van der Waals surface area contributed by atoms with Crippen molar-refractivity contribution in [1.29, 1.82) is 0 Å². The number of aromatic nitrogens is 1. The highest BCUT2D eigenvalue weighted by Crippen LogP contribution is 2.28. The molecule has 0 radical (unpaired) electrons. The highest BCUT2D eigenvalue weighted by molar-refractivity contribution is 6.35. The van der Waals surface area contributed by atoms with E-state index in [0.717, 1.165) is 10.9 Å². The molecule has 0 fully saturated rings. The highest BCUT2D eigenvalue weighted by atomic mass is 35.5. The van der Waals surface area contributed by atoms with E-state index in [2.05, 4.69) is 10.3 Å². The molecule has 100 valence electrons. The molecule has 0 saturated heterocycles. The fourth-order valence-electron chi connectivity index (χ4n) is 2.02. The maximum absolute atomic E-state index is 12.0. The van der Waals surface area contributed by atoms with Gasteiger partial charge < -0.3 is 10.1 Å². The largest absolute Gasteiger partial charge is 0.465 e. The summed E-state index contributed by atoms with van der Waals surface area (Å²) >= 11 is 6.14. The van der Waals surface area contributed by atoms with E-state index in [-0.39, 0.29) is 5.97 Å².